The number of hydrogen-bond donors (Lipinski definition) is 2. The highest BCUT2D eigenvalue weighted by Gasteiger charge is 2.40. The number of fused-ring (bicyclic) bond motifs is 1. The van der Waals surface area contributed by atoms with Crippen molar-refractivity contribution in [1.82, 2.24) is 29.7 Å². The number of aromatic nitrogens is 5. The van der Waals surface area contributed by atoms with Crippen molar-refractivity contribution in [3.8, 4) is 0 Å². The molecule has 2 atom stereocenters. The largest absolute Gasteiger partial charge is 0.446 e. The Morgan fingerprint density at radius 3 is 2.74 bits per heavy atom. The molecule has 10 heteroatoms. The molecule has 2 fully saturated rings. The fraction of sp³-hybridized carbons (Fsp3) is 0.600. The van der Waals surface area contributed by atoms with Crippen LogP contribution >= 0.6 is 0 Å². The molecule has 0 aliphatic heterocycles. The van der Waals surface area contributed by atoms with Gasteiger partial charge in [-0.25, -0.2) is 19.0 Å². The topological polar surface area (TPSA) is 108 Å². The van der Waals surface area contributed by atoms with E-state index in [0.29, 0.717) is 12.4 Å². The Morgan fingerprint density at radius 2 is 2.03 bits per heavy atom. The molecular weight excluding hydrogens is 446 g/mol. The summed E-state index contributed by atoms with van der Waals surface area (Å²) in [6.45, 7) is 8.87. The molecule has 2 saturated carbocycles. The van der Waals surface area contributed by atoms with Gasteiger partial charge in [-0.2, -0.15) is 10.2 Å². The van der Waals surface area contributed by atoms with Crippen LogP contribution in [0.1, 0.15) is 77.1 Å². The van der Waals surface area contributed by atoms with Crippen molar-refractivity contribution in [2.45, 2.75) is 89.5 Å². The second-order valence-corrected chi connectivity index (χ2v) is 11.1. The molecule has 3 aromatic heterocycles. The molecule has 1 amide bonds. The van der Waals surface area contributed by atoms with Crippen molar-refractivity contribution >= 4 is 23.2 Å². The van der Waals surface area contributed by atoms with E-state index in [-0.39, 0.29) is 29.2 Å². The summed E-state index contributed by atoms with van der Waals surface area (Å²) >= 11 is 0. The number of hydrogen-bond acceptors (Lipinski definition) is 7. The van der Waals surface area contributed by atoms with E-state index < -0.39 is 0 Å². The predicted octanol–water partition coefficient (Wildman–Crippen LogP) is 4.49. The van der Waals surface area contributed by atoms with Gasteiger partial charge in [0.1, 0.15) is 17.4 Å². The van der Waals surface area contributed by atoms with Crippen LogP contribution in [0.2, 0.25) is 0 Å². The molecule has 0 bridgehead atoms. The fourth-order valence-corrected chi connectivity index (χ4v) is 4.66. The van der Waals surface area contributed by atoms with Crippen molar-refractivity contribution in [2.75, 3.05) is 12.4 Å². The van der Waals surface area contributed by atoms with E-state index >= 15 is 0 Å². The lowest BCUT2D eigenvalue weighted by molar-refractivity contribution is 0.0967. The Hall–Kier alpha value is -3.14. The van der Waals surface area contributed by atoms with Crippen LogP contribution in [0.15, 0.2) is 24.5 Å². The van der Waals surface area contributed by atoms with E-state index in [0.717, 1.165) is 54.8 Å². The van der Waals surface area contributed by atoms with Gasteiger partial charge in [-0.3, -0.25) is 0 Å². The SMILES string of the molecule is COCc1cc2c(Nc3cc([C@H]4CC[C@@H](OC(=O)NC5(C)CC5)C4)nn3C(C)(C)C)nccn2n1. The van der Waals surface area contributed by atoms with Gasteiger partial charge in [0.25, 0.3) is 0 Å². The Bertz CT molecular complexity index is 1220. The first-order chi connectivity index (χ1) is 16.6. The highest BCUT2D eigenvalue weighted by atomic mass is 16.6. The van der Waals surface area contributed by atoms with Crippen molar-refractivity contribution in [1.29, 1.82) is 0 Å². The molecule has 3 heterocycles. The van der Waals surface area contributed by atoms with Crippen LogP contribution < -0.4 is 10.6 Å². The lowest BCUT2D eigenvalue weighted by Gasteiger charge is -2.22. The first-order valence-corrected chi connectivity index (χ1v) is 12.3. The Kier molecular flexibility index (Phi) is 5.94. The van der Waals surface area contributed by atoms with Gasteiger partial charge in [-0.1, -0.05) is 0 Å². The average molecular weight is 482 g/mol. The van der Waals surface area contributed by atoms with Crippen LogP contribution in [-0.4, -0.2) is 49.2 Å². The van der Waals surface area contributed by atoms with Crippen LogP contribution in [-0.2, 0) is 21.6 Å². The summed E-state index contributed by atoms with van der Waals surface area (Å²) in [7, 11) is 1.66. The highest BCUT2D eigenvalue weighted by Crippen LogP contribution is 2.39. The minimum atomic E-state index is -0.300. The van der Waals surface area contributed by atoms with Crippen molar-refractivity contribution in [2.24, 2.45) is 0 Å². The number of nitrogens with zero attached hydrogens (tertiary/aromatic N) is 5. The van der Waals surface area contributed by atoms with Crippen LogP contribution in [0.25, 0.3) is 5.52 Å². The molecule has 2 aliphatic rings. The summed E-state index contributed by atoms with van der Waals surface area (Å²) in [6, 6.07) is 4.07. The second-order valence-electron chi connectivity index (χ2n) is 11.1. The van der Waals surface area contributed by atoms with Gasteiger partial charge in [-0.05, 0) is 65.9 Å². The molecule has 0 radical (unpaired) electrons. The quantitative estimate of drug-likeness (QED) is 0.512. The summed E-state index contributed by atoms with van der Waals surface area (Å²) < 4.78 is 14.8. The molecule has 0 aromatic carbocycles. The van der Waals surface area contributed by atoms with Crippen molar-refractivity contribution in [3.63, 3.8) is 0 Å². The number of alkyl carbamates (subject to hydrolysis) is 1. The monoisotopic (exact) mass is 481 g/mol. The van der Waals surface area contributed by atoms with Gasteiger partial charge in [0, 0.05) is 37.0 Å². The van der Waals surface area contributed by atoms with E-state index in [4.69, 9.17) is 14.6 Å². The third-order valence-corrected chi connectivity index (χ3v) is 6.82. The number of anilines is 2. The maximum atomic E-state index is 12.3. The highest BCUT2D eigenvalue weighted by molar-refractivity contribution is 5.72. The van der Waals surface area contributed by atoms with Crippen LogP contribution in [0.4, 0.5) is 16.4 Å². The molecule has 188 valence electrons. The standard InChI is InChI=1S/C25H35N7O3/c1-24(2,3)32-21(27-22-20-13-17(15-34-5)29-31(20)11-10-26-22)14-19(30-32)16-6-7-18(12-16)35-23(33)28-25(4)8-9-25/h10-11,13-14,16,18H,6-9,12,15H2,1-5H3,(H,26,27)(H,28,33)/t16-,18+/m0/s1. The third-order valence-electron chi connectivity index (χ3n) is 6.82. The summed E-state index contributed by atoms with van der Waals surface area (Å²) in [5.74, 6) is 1.81. The van der Waals surface area contributed by atoms with E-state index in [1.54, 1.807) is 17.8 Å². The molecule has 2 aliphatic carbocycles. The number of amides is 1. The average Bonchev–Trinajstić information content (AvgIpc) is 3.19. The maximum absolute atomic E-state index is 12.3. The molecule has 2 N–H and O–H groups in total. The van der Waals surface area contributed by atoms with Gasteiger partial charge in [-0.15, -0.1) is 0 Å². The van der Waals surface area contributed by atoms with Gasteiger partial charge in [0.15, 0.2) is 5.82 Å². The smallest absolute Gasteiger partial charge is 0.407 e. The molecule has 0 spiro atoms. The third kappa shape index (κ3) is 5.12. The molecule has 5 rings (SSSR count). The van der Waals surface area contributed by atoms with Crippen LogP contribution in [0, 0.1) is 0 Å². The number of ether oxygens (including phenoxy) is 2. The normalized spacial score (nSPS) is 21.3. The summed E-state index contributed by atoms with van der Waals surface area (Å²) in [6.07, 6.45) is 7.77. The van der Waals surface area contributed by atoms with Gasteiger partial charge >= 0.3 is 6.09 Å². The number of carbonyl (C=O) groups excluding carboxylic acids is 1. The summed E-state index contributed by atoms with van der Waals surface area (Å²) in [5.41, 5.74) is 2.40. The first kappa shape index (κ1) is 23.6. The van der Waals surface area contributed by atoms with E-state index in [9.17, 15) is 4.79 Å². The minimum Gasteiger partial charge on any atom is -0.446 e. The van der Waals surface area contributed by atoms with E-state index in [2.05, 4.69) is 54.5 Å². The second kappa shape index (κ2) is 8.82. The molecule has 10 nitrogen and oxygen atoms in total. The lowest BCUT2D eigenvalue weighted by atomic mass is 10.0. The van der Waals surface area contributed by atoms with Gasteiger partial charge < -0.3 is 20.1 Å². The Balaban J connectivity index is 1.34. The molecule has 0 saturated heterocycles. The number of rotatable bonds is 7. The summed E-state index contributed by atoms with van der Waals surface area (Å²) in [5, 5.41) is 16.0. The summed E-state index contributed by atoms with van der Waals surface area (Å²) in [4.78, 5) is 16.8. The molecular formula is C25H35N7O3. The zero-order valence-corrected chi connectivity index (χ0v) is 21.2. The van der Waals surface area contributed by atoms with Crippen LogP contribution in [0.3, 0.4) is 0 Å². The first-order valence-electron chi connectivity index (χ1n) is 12.3. The fourth-order valence-electron chi connectivity index (χ4n) is 4.66. The van der Waals surface area contributed by atoms with Crippen LogP contribution in [0.5, 0.6) is 0 Å². The Morgan fingerprint density at radius 1 is 1.23 bits per heavy atom. The number of carbonyl (C=O) groups is 1. The lowest BCUT2D eigenvalue weighted by Crippen LogP contribution is -2.36. The Labute approximate surface area is 205 Å². The zero-order valence-electron chi connectivity index (χ0n) is 21.2. The zero-order chi connectivity index (χ0) is 24.8. The van der Waals surface area contributed by atoms with Crippen molar-refractivity contribution in [3.05, 3.63) is 35.9 Å². The molecule has 3 aromatic rings. The number of methoxy groups -OCH3 is 1. The molecule has 0 unspecified atom stereocenters. The molecule has 35 heavy (non-hydrogen) atoms. The van der Waals surface area contributed by atoms with Gasteiger partial charge in [0.05, 0.1) is 23.5 Å². The van der Waals surface area contributed by atoms with Gasteiger partial charge in [0.2, 0.25) is 0 Å². The predicted molar refractivity (Wildman–Crippen MR) is 132 cm³/mol. The van der Waals surface area contributed by atoms with E-state index in [1.807, 2.05) is 16.9 Å². The van der Waals surface area contributed by atoms with E-state index in [1.165, 1.54) is 0 Å². The maximum Gasteiger partial charge on any atom is 0.407 e. The minimum absolute atomic E-state index is 0.0716. The van der Waals surface area contributed by atoms with Crippen molar-refractivity contribution < 1.29 is 14.3 Å². The number of nitrogens with one attached hydrogen (secondary N) is 2.